The minimum Gasteiger partial charge on any atom is -0.394 e. The Bertz CT molecular complexity index is 1230. The monoisotopic (exact) mass is 437 g/mol. The molecule has 0 spiro atoms. The normalized spacial score (nSPS) is 13.4. The number of imidazole rings is 2. The minimum absolute atomic E-state index is 0.0783. The zero-order valence-corrected chi connectivity index (χ0v) is 15.6. The quantitative estimate of drug-likeness (QED) is 0.139. The van der Waals surface area contributed by atoms with E-state index in [1.54, 1.807) is 0 Å². The molecule has 0 aliphatic rings. The van der Waals surface area contributed by atoms with Gasteiger partial charge in [0.1, 0.15) is 18.3 Å². The van der Waals surface area contributed by atoms with Crippen molar-refractivity contribution in [2.45, 2.75) is 18.3 Å². The van der Waals surface area contributed by atoms with Gasteiger partial charge in [0.15, 0.2) is 28.6 Å². The third-order valence-corrected chi connectivity index (χ3v) is 3.61. The molecule has 0 bridgehead atoms. The van der Waals surface area contributed by atoms with Crippen LogP contribution in [0.4, 0.5) is 5.95 Å². The Morgan fingerprint density at radius 1 is 0.935 bits per heavy atom. The van der Waals surface area contributed by atoms with E-state index in [9.17, 15) is 14.4 Å². The molecule has 0 amide bonds. The van der Waals surface area contributed by atoms with Crippen molar-refractivity contribution in [3.05, 3.63) is 39.7 Å². The second-order valence-corrected chi connectivity index (χ2v) is 5.75. The highest BCUT2D eigenvalue weighted by Crippen LogP contribution is 1.99. The standard InChI is InChI=1S/C5H5N5O.C5H4N4O.C5H10O5/c6-5-9-3-2(4(11)10-5)7-1-8-3;10-5-3-4(7-1-6-3)8-2-9-5;6-1-3(8)5(10)4(9)2-7/h1H,(H4,6,7,8,9,10,11);1-2H,(H2,6,7,8,9,10);1,3-5,7-10H,2H2. The van der Waals surface area contributed by atoms with Crippen LogP contribution in [-0.4, -0.2) is 91.5 Å². The molecular formula is C15H19N9O7. The number of hydrogen-bond donors (Lipinski definition) is 9. The molecular weight excluding hydrogens is 418 g/mol. The van der Waals surface area contributed by atoms with Gasteiger partial charge in [-0.2, -0.15) is 4.98 Å². The number of carbonyl (C=O) groups excluding carboxylic acids is 1. The lowest BCUT2D eigenvalue weighted by Gasteiger charge is -2.16. The van der Waals surface area contributed by atoms with E-state index in [2.05, 4.69) is 39.9 Å². The van der Waals surface area contributed by atoms with Crippen molar-refractivity contribution in [1.29, 1.82) is 0 Å². The van der Waals surface area contributed by atoms with Crippen LogP contribution in [0, 0.1) is 0 Å². The lowest BCUT2D eigenvalue weighted by molar-refractivity contribution is -0.127. The van der Waals surface area contributed by atoms with Crippen LogP contribution in [-0.2, 0) is 4.79 Å². The number of aldehydes is 1. The van der Waals surface area contributed by atoms with Crippen LogP contribution in [0.15, 0.2) is 28.6 Å². The second kappa shape index (κ2) is 10.7. The summed E-state index contributed by atoms with van der Waals surface area (Å²) in [5, 5.41) is 34.1. The van der Waals surface area contributed by atoms with E-state index >= 15 is 0 Å². The summed E-state index contributed by atoms with van der Waals surface area (Å²) in [4.78, 5) is 56.9. The molecule has 16 heteroatoms. The molecule has 3 atom stereocenters. The summed E-state index contributed by atoms with van der Waals surface area (Å²) in [7, 11) is 0. The Labute approximate surface area is 170 Å². The van der Waals surface area contributed by atoms with Gasteiger partial charge >= 0.3 is 0 Å². The highest BCUT2D eigenvalue weighted by Gasteiger charge is 2.22. The van der Waals surface area contributed by atoms with Gasteiger partial charge in [0.05, 0.1) is 25.6 Å². The largest absolute Gasteiger partial charge is 0.394 e. The van der Waals surface area contributed by atoms with Gasteiger partial charge in [-0.15, -0.1) is 0 Å². The summed E-state index contributed by atoms with van der Waals surface area (Å²) in [6.45, 7) is -0.688. The number of aromatic nitrogens is 8. The summed E-state index contributed by atoms with van der Waals surface area (Å²) < 4.78 is 0. The summed E-state index contributed by atoms with van der Waals surface area (Å²) in [6.07, 6.45) is -0.473. The fourth-order valence-corrected chi connectivity index (χ4v) is 2.05. The molecule has 0 aliphatic heterocycles. The number of hydrogen-bond acceptors (Lipinski definition) is 12. The maximum Gasteiger partial charge on any atom is 0.278 e. The number of carbonyl (C=O) groups is 1. The number of H-pyrrole nitrogens is 4. The van der Waals surface area contributed by atoms with Crippen LogP contribution in [0.2, 0.25) is 0 Å². The molecule has 0 radical (unpaired) electrons. The number of aliphatic hydroxyl groups excluding tert-OH is 4. The van der Waals surface area contributed by atoms with E-state index in [1.165, 1.54) is 19.0 Å². The van der Waals surface area contributed by atoms with E-state index < -0.39 is 24.9 Å². The lowest BCUT2D eigenvalue weighted by Crippen LogP contribution is -2.40. The molecule has 4 heterocycles. The first kappa shape index (κ1) is 23.3. The number of rotatable bonds is 4. The maximum atomic E-state index is 11.0. The van der Waals surface area contributed by atoms with Gasteiger partial charge in [0.25, 0.3) is 11.1 Å². The van der Waals surface area contributed by atoms with Gasteiger partial charge in [-0.25, -0.2) is 15.0 Å². The van der Waals surface area contributed by atoms with Gasteiger partial charge in [-0.3, -0.25) is 14.6 Å². The highest BCUT2D eigenvalue weighted by atomic mass is 16.4. The van der Waals surface area contributed by atoms with Crippen molar-refractivity contribution in [3.8, 4) is 0 Å². The first-order valence-electron chi connectivity index (χ1n) is 8.44. The number of nitrogen functional groups attached to an aromatic ring is 1. The average molecular weight is 437 g/mol. The maximum absolute atomic E-state index is 11.0. The Kier molecular flexibility index (Phi) is 8.03. The zero-order valence-electron chi connectivity index (χ0n) is 15.6. The van der Waals surface area contributed by atoms with Gasteiger partial charge in [0.2, 0.25) is 5.95 Å². The van der Waals surface area contributed by atoms with Gasteiger partial charge in [-0.1, -0.05) is 0 Å². The fraction of sp³-hybridized carbons (Fsp3) is 0.267. The van der Waals surface area contributed by atoms with Crippen LogP contribution in [0.25, 0.3) is 22.3 Å². The van der Waals surface area contributed by atoms with E-state index in [4.69, 9.17) is 26.2 Å². The van der Waals surface area contributed by atoms with Crippen LogP contribution >= 0.6 is 0 Å². The summed E-state index contributed by atoms with van der Waals surface area (Å²) in [6, 6.07) is 0. The number of anilines is 1. The Hall–Kier alpha value is -3.99. The van der Waals surface area contributed by atoms with Crippen molar-refractivity contribution in [3.63, 3.8) is 0 Å². The van der Waals surface area contributed by atoms with Crippen molar-refractivity contribution in [2.75, 3.05) is 12.3 Å². The van der Waals surface area contributed by atoms with Gasteiger partial charge in [0, 0.05) is 0 Å². The highest BCUT2D eigenvalue weighted by molar-refractivity contribution is 5.69. The van der Waals surface area contributed by atoms with E-state index in [1.807, 2.05) is 0 Å². The molecule has 0 saturated heterocycles. The number of aliphatic hydroxyl groups is 4. The molecule has 31 heavy (non-hydrogen) atoms. The van der Waals surface area contributed by atoms with E-state index in [0.717, 1.165) is 0 Å². The SMILES string of the molecule is Nc1nc2nc[nH]c2c(=O)[nH]1.O=CC(O)C(O)C(O)CO.O=c1[nH]cnc2nc[nH]c12. The molecule has 16 nitrogen and oxygen atoms in total. The number of aromatic amines is 4. The Balaban J connectivity index is 0.000000166. The predicted octanol–water partition coefficient (Wildman–Crippen LogP) is -3.87. The fourth-order valence-electron chi connectivity index (χ4n) is 2.05. The molecule has 4 rings (SSSR count). The molecule has 0 saturated carbocycles. The third kappa shape index (κ3) is 6.00. The van der Waals surface area contributed by atoms with Gasteiger partial charge in [-0.05, 0) is 0 Å². The summed E-state index contributed by atoms with van der Waals surface area (Å²) in [5.41, 5.74) is 6.32. The molecule has 0 fully saturated rings. The second-order valence-electron chi connectivity index (χ2n) is 5.75. The zero-order chi connectivity index (χ0) is 23.0. The molecule has 166 valence electrons. The van der Waals surface area contributed by atoms with E-state index in [-0.39, 0.29) is 23.4 Å². The Morgan fingerprint density at radius 3 is 2.03 bits per heavy atom. The third-order valence-electron chi connectivity index (χ3n) is 3.61. The number of nitrogens with one attached hydrogen (secondary N) is 4. The summed E-state index contributed by atoms with van der Waals surface area (Å²) >= 11 is 0. The van der Waals surface area contributed by atoms with Crippen LogP contribution in [0.1, 0.15) is 0 Å². The molecule has 10 N–H and O–H groups in total. The van der Waals surface area contributed by atoms with Crippen LogP contribution < -0.4 is 16.9 Å². The molecule has 0 aliphatic carbocycles. The van der Waals surface area contributed by atoms with Crippen molar-refractivity contribution in [1.82, 2.24) is 39.9 Å². The van der Waals surface area contributed by atoms with Gasteiger partial charge < -0.3 is 45.9 Å². The van der Waals surface area contributed by atoms with Crippen LogP contribution in [0.3, 0.4) is 0 Å². The number of nitrogens with two attached hydrogens (primary N) is 1. The van der Waals surface area contributed by atoms with Crippen molar-refractivity contribution >= 4 is 34.6 Å². The van der Waals surface area contributed by atoms with Crippen LogP contribution in [0.5, 0.6) is 0 Å². The summed E-state index contributed by atoms with van der Waals surface area (Å²) in [5.74, 6) is 0.0783. The molecule has 3 unspecified atom stereocenters. The number of fused-ring (bicyclic) bond motifs is 2. The first-order chi connectivity index (χ1) is 14.8. The molecule has 4 aromatic heterocycles. The Morgan fingerprint density at radius 2 is 1.48 bits per heavy atom. The first-order valence-corrected chi connectivity index (χ1v) is 8.44. The topological polar surface area (TPSA) is 273 Å². The molecule has 4 aromatic rings. The number of nitrogens with zero attached hydrogens (tertiary/aromatic N) is 4. The average Bonchev–Trinajstić information content (AvgIpc) is 3.43. The predicted molar refractivity (Wildman–Crippen MR) is 105 cm³/mol. The minimum atomic E-state index is -1.64. The van der Waals surface area contributed by atoms with Crippen molar-refractivity contribution in [2.24, 2.45) is 0 Å². The van der Waals surface area contributed by atoms with Crippen molar-refractivity contribution < 1.29 is 25.2 Å². The van der Waals surface area contributed by atoms with E-state index in [0.29, 0.717) is 22.3 Å². The smallest absolute Gasteiger partial charge is 0.278 e. The molecule has 0 aromatic carbocycles. The lowest BCUT2D eigenvalue weighted by atomic mass is 10.1.